The smallest absolute Gasteiger partial charge is 0.425 e. The van der Waals surface area contributed by atoms with E-state index in [0.29, 0.717) is 17.0 Å². The van der Waals surface area contributed by atoms with Crippen molar-refractivity contribution in [2.24, 2.45) is 0 Å². The first-order valence-electron chi connectivity index (χ1n) is 9.32. The van der Waals surface area contributed by atoms with Gasteiger partial charge in [-0.15, -0.1) is 0 Å². The summed E-state index contributed by atoms with van der Waals surface area (Å²) < 4.78 is 49.4. The minimum absolute atomic E-state index is 0.0915. The van der Waals surface area contributed by atoms with Crippen molar-refractivity contribution in [2.45, 2.75) is 45.9 Å². The number of rotatable bonds is 3. The Kier molecular flexibility index (Phi) is 5.68. The van der Waals surface area contributed by atoms with Crippen molar-refractivity contribution in [1.29, 1.82) is 0 Å². The van der Waals surface area contributed by atoms with E-state index in [2.05, 4.69) is 14.9 Å². The van der Waals surface area contributed by atoms with Gasteiger partial charge in [-0.25, -0.2) is 9.64 Å². The van der Waals surface area contributed by atoms with Gasteiger partial charge in [-0.2, -0.15) is 13.2 Å². The lowest BCUT2D eigenvalue weighted by Crippen LogP contribution is -2.34. The normalized spacial score (nSPS) is 17.9. The number of alkyl halides is 3. The van der Waals surface area contributed by atoms with Crippen LogP contribution in [0, 0.1) is 13.5 Å². The summed E-state index contributed by atoms with van der Waals surface area (Å²) in [7, 11) is 0. The number of nitrogens with zero attached hydrogens (tertiary/aromatic N) is 1. The molecule has 2 aromatic rings. The van der Waals surface area contributed by atoms with Crippen LogP contribution in [0.5, 0.6) is 0 Å². The number of dihydropyridines is 1. The molecule has 2 heterocycles. The highest BCUT2D eigenvalue weighted by Crippen LogP contribution is 2.42. The monoisotopic (exact) mass is 432 g/mol. The molecular formula is C22H19F3N2O4. The first kappa shape index (κ1) is 22.2. The predicted molar refractivity (Wildman–Crippen MR) is 107 cm³/mol. The van der Waals surface area contributed by atoms with Crippen LogP contribution >= 0.6 is 0 Å². The van der Waals surface area contributed by atoms with E-state index < -0.39 is 24.2 Å². The van der Waals surface area contributed by atoms with Crippen LogP contribution in [0.4, 0.5) is 13.2 Å². The first-order chi connectivity index (χ1) is 14.5. The number of nitrogens with one attached hydrogen (secondary N) is 1. The van der Waals surface area contributed by atoms with Crippen LogP contribution in [0.2, 0.25) is 0 Å². The Morgan fingerprint density at radius 1 is 1.26 bits per heavy atom. The highest BCUT2D eigenvalue weighted by Gasteiger charge is 2.42. The maximum atomic E-state index is 13.0. The topological polar surface area (TPSA) is 72.9 Å². The molecule has 0 radical (unpaired) electrons. The van der Waals surface area contributed by atoms with E-state index in [1.165, 1.54) is 13.0 Å². The number of benzene rings is 1. The molecule has 0 aliphatic carbocycles. The number of hydrogen-bond acceptors (Lipinski definition) is 5. The third-order valence-corrected chi connectivity index (χ3v) is 5.03. The number of hydrogen-bond donors (Lipinski definition) is 1. The summed E-state index contributed by atoms with van der Waals surface area (Å²) >= 11 is 0. The van der Waals surface area contributed by atoms with Gasteiger partial charge in [-0.05, 0) is 39.3 Å². The molecule has 1 aromatic heterocycles. The van der Waals surface area contributed by atoms with Gasteiger partial charge in [0.25, 0.3) is 0 Å². The van der Waals surface area contributed by atoms with E-state index >= 15 is 0 Å². The van der Waals surface area contributed by atoms with E-state index in [9.17, 15) is 22.8 Å². The fourth-order valence-electron chi connectivity index (χ4n) is 3.54. The Labute approximate surface area is 175 Å². The SMILES string of the molecule is [C-]#[N+]C1=C(C)NC(C)=C(C(=O)OC(C)C(F)(F)F)C1c1cccc2c(=O)cc(C)oc12. The maximum absolute atomic E-state index is 13.0. The molecule has 0 fully saturated rings. The number of ether oxygens (including phenoxy) is 1. The average Bonchev–Trinajstić information content (AvgIpc) is 2.66. The Morgan fingerprint density at radius 2 is 1.94 bits per heavy atom. The van der Waals surface area contributed by atoms with Crippen LogP contribution < -0.4 is 10.7 Å². The zero-order valence-electron chi connectivity index (χ0n) is 17.2. The van der Waals surface area contributed by atoms with Crippen LogP contribution in [0.25, 0.3) is 15.8 Å². The molecule has 0 spiro atoms. The minimum atomic E-state index is -4.74. The molecule has 0 saturated carbocycles. The largest absolute Gasteiger partial charge is 0.461 e. The highest BCUT2D eigenvalue weighted by molar-refractivity contribution is 5.94. The van der Waals surface area contributed by atoms with Crippen molar-refractivity contribution < 1.29 is 27.1 Å². The summed E-state index contributed by atoms with van der Waals surface area (Å²) in [5.41, 5.74) is 0.797. The van der Waals surface area contributed by atoms with Crippen LogP contribution in [0.15, 0.2) is 56.1 Å². The Hall–Kier alpha value is -3.54. The van der Waals surface area contributed by atoms with Crippen LogP contribution in [0.3, 0.4) is 0 Å². The average molecular weight is 432 g/mol. The standard InChI is InChI=1S/C22H19F3N2O4/c1-10-9-16(28)14-7-6-8-15(20(14)30-10)18-17(11(2)27-12(3)19(18)26-5)21(29)31-13(4)22(23,24)25/h6-9,13,18,27H,1-4H3. The van der Waals surface area contributed by atoms with Crippen molar-refractivity contribution in [3.05, 3.63) is 79.9 Å². The van der Waals surface area contributed by atoms with Gasteiger partial charge in [-0.3, -0.25) is 4.79 Å². The first-order valence-corrected chi connectivity index (χ1v) is 9.32. The van der Waals surface area contributed by atoms with Crippen LogP contribution in [-0.2, 0) is 9.53 Å². The third kappa shape index (κ3) is 4.06. The van der Waals surface area contributed by atoms with Crippen molar-refractivity contribution in [3.8, 4) is 0 Å². The second-order valence-corrected chi connectivity index (χ2v) is 7.25. The fraction of sp³-hybridized carbons (Fsp3) is 0.318. The van der Waals surface area contributed by atoms with Crippen LogP contribution in [-0.4, -0.2) is 18.2 Å². The van der Waals surface area contributed by atoms with E-state index in [1.807, 2.05) is 0 Å². The molecule has 1 aliphatic heterocycles. The Bertz CT molecular complexity index is 1230. The molecule has 0 saturated heterocycles. The third-order valence-electron chi connectivity index (χ3n) is 5.03. The van der Waals surface area contributed by atoms with Crippen molar-refractivity contribution >= 4 is 16.9 Å². The van der Waals surface area contributed by atoms with E-state index in [-0.39, 0.29) is 33.4 Å². The molecule has 1 aliphatic rings. The Balaban J connectivity index is 2.25. The van der Waals surface area contributed by atoms with Crippen molar-refractivity contribution in [3.63, 3.8) is 0 Å². The molecule has 1 aromatic carbocycles. The number of aryl methyl sites for hydroxylation is 1. The molecule has 0 amide bonds. The number of allylic oxidation sites excluding steroid dienone is 3. The lowest BCUT2D eigenvalue weighted by atomic mass is 9.83. The van der Waals surface area contributed by atoms with Gasteiger partial charge in [0.2, 0.25) is 0 Å². The number of esters is 1. The summed E-state index contributed by atoms with van der Waals surface area (Å²) in [6.07, 6.45) is -7.07. The van der Waals surface area contributed by atoms with Gasteiger partial charge in [0.1, 0.15) is 11.3 Å². The van der Waals surface area contributed by atoms with Crippen molar-refractivity contribution in [1.82, 2.24) is 5.32 Å². The molecule has 31 heavy (non-hydrogen) atoms. The summed E-state index contributed by atoms with van der Waals surface area (Å²) in [4.78, 5) is 28.8. The van der Waals surface area contributed by atoms with E-state index in [1.54, 1.807) is 32.0 Å². The second kappa shape index (κ2) is 7.95. The maximum Gasteiger partial charge on any atom is 0.425 e. The number of carbonyl (C=O) groups is 1. The minimum Gasteiger partial charge on any atom is -0.461 e. The fourth-order valence-corrected chi connectivity index (χ4v) is 3.54. The molecule has 162 valence electrons. The molecule has 1 N–H and O–H groups in total. The molecule has 6 nitrogen and oxygen atoms in total. The zero-order chi connectivity index (χ0) is 23.1. The number of fused-ring (bicyclic) bond motifs is 1. The Morgan fingerprint density at radius 3 is 2.55 bits per heavy atom. The highest BCUT2D eigenvalue weighted by atomic mass is 19.4. The summed E-state index contributed by atoms with van der Waals surface area (Å²) in [6.45, 7) is 13.1. The molecule has 9 heteroatoms. The van der Waals surface area contributed by atoms with Gasteiger partial charge in [0.05, 0.1) is 23.4 Å². The lowest BCUT2D eigenvalue weighted by Gasteiger charge is -2.29. The quantitative estimate of drug-likeness (QED) is 0.562. The predicted octanol–water partition coefficient (Wildman–Crippen LogP) is 4.71. The summed E-state index contributed by atoms with van der Waals surface area (Å²) in [5.74, 6) is -1.96. The van der Waals surface area contributed by atoms with E-state index in [4.69, 9.17) is 11.0 Å². The molecule has 2 unspecified atom stereocenters. The number of carbonyl (C=O) groups excluding carboxylic acids is 1. The van der Waals surface area contributed by atoms with Crippen LogP contribution in [0.1, 0.15) is 38.0 Å². The van der Waals surface area contributed by atoms with Gasteiger partial charge in [0.15, 0.2) is 17.2 Å². The molecule has 0 bridgehead atoms. The molecular weight excluding hydrogens is 413 g/mol. The molecule has 3 rings (SSSR count). The number of para-hydroxylation sites is 1. The lowest BCUT2D eigenvalue weighted by molar-refractivity contribution is -0.214. The number of halogens is 3. The van der Waals surface area contributed by atoms with E-state index in [0.717, 1.165) is 6.92 Å². The second-order valence-electron chi connectivity index (χ2n) is 7.25. The van der Waals surface area contributed by atoms with Gasteiger partial charge in [0, 0.05) is 17.5 Å². The summed E-state index contributed by atoms with van der Waals surface area (Å²) in [6, 6.07) is 6.00. The van der Waals surface area contributed by atoms with Crippen molar-refractivity contribution in [2.75, 3.05) is 0 Å². The van der Waals surface area contributed by atoms with Gasteiger partial charge in [-0.1, -0.05) is 12.1 Å². The van der Waals surface area contributed by atoms with Gasteiger partial charge < -0.3 is 14.5 Å². The summed E-state index contributed by atoms with van der Waals surface area (Å²) in [5, 5.41) is 3.10. The molecule has 2 atom stereocenters. The zero-order valence-corrected chi connectivity index (χ0v) is 17.2. The van der Waals surface area contributed by atoms with Gasteiger partial charge >= 0.3 is 12.1 Å².